The van der Waals surface area contributed by atoms with Gasteiger partial charge in [-0.05, 0) is 43.5 Å². The molecule has 0 aliphatic carbocycles. The summed E-state index contributed by atoms with van der Waals surface area (Å²) in [6.07, 6.45) is 0.643. The molecule has 1 aromatic rings. The zero-order chi connectivity index (χ0) is 13.3. The highest BCUT2D eigenvalue weighted by Crippen LogP contribution is 2.22. The number of aliphatic hydroxyl groups excluding tert-OH is 1. The van der Waals surface area contributed by atoms with Gasteiger partial charge in [0.1, 0.15) is 5.82 Å². The average molecular weight is 273 g/mol. The molecule has 18 heavy (non-hydrogen) atoms. The second kappa shape index (κ2) is 4.95. The first-order valence-corrected chi connectivity index (χ1v) is 7.29. The van der Waals surface area contributed by atoms with E-state index >= 15 is 0 Å². The number of halogens is 1. The van der Waals surface area contributed by atoms with E-state index in [1.807, 2.05) is 0 Å². The Balaban J connectivity index is 2.32. The van der Waals surface area contributed by atoms with E-state index in [1.54, 1.807) is 0 Å². The highest BCUT2D eigenvalue weighted by Gasteiger charge is 2.29. The Bertz CT molecular complexity index is 544. The van der Waals surface area contributed by atoms with Gasteiger partial charge in [-0.15, -0.1) is 0 Å². The third kappa shape index (κ3) is 2.55. The molecule has 1 aromatic carbocycles. The van der Waals surface area contributed by atoms with Crippen molar-refractivity contribution in [2.24, 2.45) is 0 Å². The van der Waals surface area contributed by atoms with Crippen LogP contribution in [0.3, 0.4) is 0 Å². The largest absolute Gasteiger partial charge is 0.392 e. The van der Waals surface area contributed by atoms with Gasteiger partial charge in [0.15, 0.2) is 0 Å². The first-order valence-electron chi connectivity index (χ1n) is 5.85. The fourth-order valence-electron chi connectivity index (χ4n) is 2.07. The molecule has 0 radical (unpaired) electrons. The van der Waals surface area contributed by atoms with E-state index in [1.165, 1.54) is 23.4 Å². The lowest BCUT2D eigenvalue weighted by Gasteiger charge is -2.29. The maximum atomic E-state index is 13.1. The molecule has 6 heteroatoms. The van der Waals surface area contributed by atoms with Crippen molar-refractivity contribution in [3.8, 4) is 0 Å². The molecule has 1 heterocycles. The molecule has 1 atom stereocenters. The van der Waals surface area contributed by atoms with Crippen molar-refractivity contribution in [2.45, 2.75) is 30.8 Å². The summed E-state index contributed by atoms with van der Waals surface area (Å²) >= 11 is 0. The van der Waals surface area contributed by atoms with E-state index in [4.69, 9.17) is 0 Å². The summed E-state index contributed by atoms with van der Waals surface area (Å²) in [5, 5.41) is 9.52. The van der Waals surface area contributed by atoms with E-state index in [0.29, 0.717) is 24.9 Å². The molecule has 0 spiro atoms. The molecule has 0 saturated carbocycles. The number of hydrogen-bond donors (Lipinski definition) is 1. The highest BCUT2D eigenvalue weighted by molar-refractivity contribution is 7.89. The van der Waals surface area contributed by atoms with Gasteiger partial charge < -0.3 is 5.11 Å². The number of aryl methyl sites for hydroxylation is 1. The van der Waals surface area contributed by atoms with Crippen LogP contribution in [0.1, 0.15) is 18.4 Å². The van der Waals surface area contributed by atoms with E-state index in [2.05, 4.69) is 0 Å². The standard InChI is InChI=1S/C12H16FNO3S/c1-9-7-11(4-5-12(9)13)18(16,17)14-6-2-3-10(15)8-14/h4-5,7,10,15H,2-3,6,8H2,1H3. The summed E-state index contributed by atoms with van der Waals surface area (Å²) in [6, 6.07) is 3.74. The third-order valence-corrected chi connectivity index (χ3v) is 4.99. The molecule has 4 nitrogen and oxygen atoms in total. The molecule has 100 valence electrons. The summed E-state index contributed by atoms with van der Waals surface area (Å²) in [6.45, 7) is 2.04. The predicted octanol–water partition coefficient (Wildman–Crippen LogP) is 1.28. The lowest BCUT2D eigenvalue weighted by atomic mass is 10.1. The first-order chi connectivity index (χ1) is 8.41. The topological polar surface area (TPSA) is 57.6 Å². The van der Waals surface area contributed by atoms with Crippen molar-refractivity contribution in [3.05, 3.63) is 29.6 Å². The summed E-state index contributed by atoms with van der Waals surface area (Å²) in [5.41, 5.74) is 0.300. The monoisotopic (exact) mass is 273 g/mol. The van der Waals surface area contributed by atoms with E-state index in [9.17, 15) is 17.9 Å². The molecule has 1 fully saturated rings. The predicted molar refractivity (Wildman–Crippen MR) is 65.1 cm³/mol. The van der Waals surface area contributed by atoms with Crippen LogP contribution in [0.15, 0.2) is 23.1 Å². The Labute approximate surface area is 106 Å². The third-order valence-electron chi connectivity index (χ3n) is 3.13. The molecule has 1 unspecified atom stereocenters. The molecule has 1 aliphatic rings. The molecular weight excluding hydrogens is 257 g/mol. The van der Waals surface area contributed by atoms with Crippen LogP contribution in [0.5, 0.6) is 0 Å². The van der Waals surface area contributed by atoms with Crippen LogP contribution >= 0.6 is 0 Å². The van der Waals surface area contributed by atoms with Gasteiger partial charge in [-0.25, -0.2) is 12.8 Å². The maximum absolute atomic E-state index is 13.1. The van der Waals surface area contributed by atoms with Crippen molar-refractivity contribution < 1.29 is 17.9 Å². The van der Waals surface area contributed by atoms with Crippen LogP contribution in [0.4, 0.5) is 4.39 Å². The van der Waals surface area contributed by atoms with Gasteiger partial charge in [0.2, 0.25) is 10.0 Å². The Morgan fingerprint density at radius 2 is 2.17 bits per heavy atom. The Hall–Kier alpha value is -0.980. The number of benzene rings is 1. The SMILES string of the molecule is Cc1cc(S(=O)(=O)N2CCCC(O)C2)ccc1F. The molecule has 1 saturated heterocycles. The number of nitrogens with zero attached hydrogens (tertiary/aromatic N) is 1. The van der Waals surface area contributed by atoms with Crippen LogP contribution in [0.25, 0.3) is 0 Å². The lowest BCUT2D eigenvalue weighted by molar-refractivity contribution is 0.108. The Morgan fingerprint density at radius 1 is 1.44 bits per heavy atom. The van der Waals surface area contributed by atoms with Gasteiger partial charge in [-0.3, -0.25) is 0 Å². The summed E-state index contributed by atoms with van der Waals surface area (Å²) in [7, 11) is -3.63. The van der Waals surface area contributed by atoms with Crippen molar-refractivity contribution in [1.82, 2.24) is 4.31 Å². The van der Waals surface area contributed by atoms with Gasteiger partial charge in [-0.1, -0.05) is 0 Å². The van der Waals surface area contributed by atoms with Crippen LogP contribution in [0, 0.1) is 12.7 Å². The van der Waals surface area contributed by atoms with Gasteiger partial charge in [0, 0.05) is 13.1 Å². The van der Waals surface area contributed by atoms with Crippen LogP contribution < -0.4 is 0 Å². The number of sulfonamides is 1. The molecule has 1 N–H and O–H groups in total. The van der Waals surface area contributed by atoms with Crippen LogP contribution in [-0.4, -0.2) is 37.0 Å². The highest BCUT2D eigenvalue weighted by atomic mass is 32.2. The number of aliphatic hydroxyl groups is 1. The van der Waals surface area contributed by atoms with Gasteiger partial charge in [0.05, 0.1) is 11.0 Å². The zero-order valence-electron chi connectivity index (χ0n) is 10.1. The van der Waals surface area contributed by atoms with Crippen molar-refractivity contribution in [2.75, 3.05) is 13.1 Å². The van der Waals surface area contributed by atoms with Crippen molar-refractivity contribution in [3.63, 3.8) is 0 Å². The molecule has 0 amide bonds. The fraction of sp³-hybridized carbons (Fsp3) is 0.500. The van der Waals surface area contributed by atoms with E-state index in [0.717, 1.165) is 6.07 Å². The van der Waals surface area contributed by atoms with Gasteiger partial charge >= 0.3 is 0 Å². The average Bonchev–Trinajstić information content (AvgIpc) is 2.32. The number of hydrogen-bond acceptors (Lipinski definition) is 3. The quantitative estimate of drug-likeness (QED) is 0.883. The number of rotatable bonds is 2. The lowest BCUT2D eigenvalue weighted by Crippen LogP contribution is -2.42. The number of β-amino-alcohol motifs (C(OH)–C–C–N with tert-alkyl or cyclic N) is 1. The van der Waals surface area contributed by atoms with Crippen molar-refractivity contribution in [1.29, 1.82) is 0 Å². The Kier molecular flexibility index (Phi) is 3.70. The first kappa shape index (κ1) is 13.5. The fourth-order valence-corrected chi connectivity index (χ4v) is 3.67. The van der Waals surface area contributed by atoms with E-state index in [-0.39, 0.29) is 11.4 Å². The second-order valence-corrected chi connectivity index (χ2v) is 6.51. The molecule has 2 rings (SSSR count). The van der Waals surface area contributed by atoms with Crippen molar-refractivity contribution >= 4 is 10.0 Å². The van der Waals surface area contributed by atoms with E-state index < -0.39 is 21.9 Å². The number of piperidine rings is 1. The minimum atomic E-state index is -3.63. The van der Waals surface area contributed by atoms with Gasteiger partial charge in [0.25, 0.3) is 0 Å². The molecular formula is C12H16FNO3S. The molecule has 0 aromatic heterocycles. The normalized spacial score (nSPS) is 22.1. The summed E-state index contributed by atoms with van der Waals surface area (Å²) in [5.74, 6) is -0.423. The zero-order valence-corrected chi connectivity index (χ0v) is 11.0. The smallest absolute Gasteiger partial charge is 0.243 e. The Morgan fingerprint density at radius 3 is 2.78 bits per heavy atom. The minimum Gasteiger partial charge on any atom is -0.392 e. The minimum absolute atomic E-state index is 0.0792. The molecule has 0 bridgehead atoms. The summed E-state index contributed by atoms with van der Waals surface area (Å²) < 4.78 is 39.0. The van der Waals surface area contributed by atoms with Gasteiger partial charge in [-0.2, -0.15) is 4.31 Å². The second-order valence-electron chi connectivity index (χ2n) is 4.57. The summed E-state index contributed by atoms with van der Waals surface area (Å²) in [4.78, 5) is 0.0792. The van der Waals surface area contributed by atoms with Crippen LogP contribution in [-0.2, 0) is 10.0 Å². The maximum Gasteiger partial charge on any atom is 0.243 e. The van der Waals surface area contributed by atoms with Crippen LogP contribution in [0.2, 0.25) is 0 Å². The molecule has 1 aliphatic heterocycles.